The molecular formula is C25H38O3. The molecule has 0 saturated carbocycles. The number of fused-ring (bicyclic) bond motifs is 1. The number of unbranched alkanes of at least 4 members (excludes halogenated alkanes) is 9. The number of phenolic OH excluding ortho intramolecular Hbond substituents is 2. The molecule has 0 bridgehead atoms. The summed E-state index contributed by atoms with van der Waals surface area (Å²) in [6.07, 6.45) is 14.4. The van der Waals surface area contributed by atoms with Crippen molar-refractivity contribution in [3.8, 4) is 11.5 Å². The minimum atomic E-state index is 0.0162. The molecule has 0 atom stereocenters. The average molecular weight is 387 g/mol. The van der Waals surface area contributed by atoms with Crippen molar-refractivity contribution in [2.75, 3.05) is 13.2 Å². The normalized spacial score (nSPS) is 11.3. The summed E-state index contributed by atoms with van der Waals surface area (Å²) in [7, 11) is 0. The van der Waals surface area contributed by atoms with Crippen LogP contribution in [0.3, 0.4) is 0 Å². The second-order valence-corrected chi connectivity index (χ2v) is 7.85. The third-order valence-corrected chi connectivity index (χ3v) is 5.45. The average Bonchev–Trinajstić information content (AvgIpc) is 2.71. The van der Waals surface area contributed by atoms with Gasteiger partial charge in [-0.3, -0.25) is 0 Å². The summed E-state index contributed by atoms with van der Waals surface area (Å²) in [5.41, 5.74) is 0.857. The highest BCUT2D eigenvalue weighted by atomic mass is 16.5. The molecule has 2 N–H and O–H groups in total. The van der Waals surface area contributed by atoms with Crippen LogP contribution >= 0.6 is 0 Å². The minimum absolute atomic E-state index is 0.0162. The highest BCUT2D eigenvalue weighted by molar-refractivity contribution is 5.91. The zero-order valence-electron chi connectivity index (χ0n) is 17.6. The zero-order chi connectivity index (χ0) is 20.0. The SMILES string of the molecule is CCCCCOCCCCCCCCCCc1cc2ccccc2c(O)c1O. The lowest BCUT2D eigenvalue weighted by molar-refractivity contribution is 0.126. The fourth-order valence-corrected chi connectivity index (χ4v) is 3.70. The van der Waals surface area contributed by atoms with Gasteiger partial charge in [-0.25, -0.2) is 0 Å². The van der Waals surface area contributed by atoms with Crippen molar-refractivity contribution in [1.29, 1.82) is 0 Å². The van der Waals surface area contributed by atoms with Crippen molar-refractivity contribution in [2.45, 2.75) is 84.0 Å². The van der Waals surface area contributed by atoms with Gasteiger partial charge in [0.05, 0.1) is 0 Å². The van der Waals surface area contributed by atoms with Crippen LogP contribution in [-0.4, -0.2) is 23.4 Å². The standard InChI is InChI=1S/C25H38O3/c1-2-3-13-18-28-19-14-9-7-5-4-6-8-10-16-22-20-21-15-11-12-17-23(21)25(27)24(22)26/h11-12,15,17,20,26-27H,2-10,13-14,16,18-19H2,1H3. The number of aromatic hydroxyl groups is 2. The Kier molecular flexibility index (Phi) is 10.8. The first kappa shape index (κ1) is 22.5. The highest BCUT2D eigenvalue weighted by Crippen LogP contribution is 2.37. The van der Waals surface area contributed by atoms with Crippen molar-refractivity contribution < 1.29 is 14.9 Å². The van der Waals surface area contributed by atoms with Crippen molar-refractivity contribution in [3.63, 3.8) is 0 Å². The lowest BCUT2D eigenvalue weighted by Gasteiger charge is -2.10. The van der Waals surface area contributed by atoms with Gasteiger partial charge < -0.3 is 14.9 Å². The van der Waals surface area contributed by atoms with Crippen LogP contribution in [0.5, 0.6) is 11.5 Å². The molecule has 0 aliphatic carbocycles. The van der Waals surface area contributed by atoms with E-state index in [-0.39, 0.29) is 11.5 Å². The lowest BCUT2D eigenvalue weighted by atomic mass is 9.99. The van der Waals surface area contributed by atoms with E-state index in [0.717, 1.165) is 42.4 Å². The van der Waals surface area contributed by atoms with Crippen LogP contribution in [0, 0.1) is 0 Å². The molecule has 0 spiro atoms. The molecule has 156 valence electrons. The molecule has 0 amide bonds. The Balaban J connectivity index is 1.51. The summed E-state index contributed by atoms with van der Waals surface area (Å²) < 4.78 is 5.64. The first-order chi connectivity index (χ1) is 13.7. The topological polar surface area (TPSA) is 49.7 Å². The Labute approximate surface area is 170 Å². The van der Waals surface area contributed by atoms with Gasteiger partial charge in [0, 0.05) is 18.6 Å². The number of phenols is 2. The van der Waals surface area contributed by atoms with Crippen LogP contribution < -0.4 is 0 Å². The van der Waals surface area contributed by atoms with E-state index in [0.29, 0.717) is 0 Å². The van der Waals surface area contributed by atoms with Crippen molar-refractivity contribution >= 4 is 10.8 Å². The first-order valence-corrected chi connectivity index (χ1v) is 11.2. The van der Waals surface area contributed by atoms with Crippen molar-refractivity contribution in [3.05, 3.63) is 35.9 Å². The number of aryl methyl sites for hydroxylation is 1. The van der Waals surface area contributed by atoms with Crippen LogP contribution in [0.25, 0.3) is 10.8 Å². The van der Waals surface area contributed by atoms with E-state index in [4.69, 9.17) is 4.74 Å². The number of hydrogen-bond acceptors (Lipinski definition) is 3. The quantitative estimate of drug-likeness (QED) is 0.253. The molecule has 0 unspecified atom stereocenters. The van der Waals surface area contributed by atoms with Gasteiger partial charge in [-0.05, 0) is 42.7 Å². The fourth-order valence-electron chi connectivity index (χ4n) is 3.70. The molecular weight excluding hydrogens is 348 g/mol. The Bertz CT molecular complexity index is 681. The maximum absolute atomic E-state index is 10.2. The molecule has 0 heterocycles. The molecule has 3 heteroatoms. The van der Waals surface area contributed by atoms with E-state index in [1.54, 1.807) is 0 Å². The maximum Gasteiger partial charge on any atom is 0.165 e. The predicted octanol–water partition coefficient (Wildman–Crippen LogP) is 7.12. The molecule has 0 aromatic heterocycles. The van der Waals surface area contributed by atoms with E-state index in [2.05, 4.69) is 6.92 Å². The van der Waals surface area contributed by atoms with E-state index >= 15 is 0 Å². The number of hydrogen-bond donors (Lipinski definition) is 2. The lowest BCUT2D eigenvalue weighted by Crippen LogP contribution is -1.96. The number of rotatable bonds is 15. The maximum atomic E-state index is 10.2. The van der Waals surface area contributed by atoms with E-state index in [1.165, 1.54) is 64.2 Å². The largest absolute Gasteiger partial charge is 0.504 e. The second kappa shape index (κ2) is 13.4. The van der Waals surface area contributed by atoms with Gasteiger partial charge in [0.25, 0.3) is 0 Å². The summed E-state index contributed by atoms with van der Waals surface area (Å²) >= 11 is 0. The van der Waals surface area contributed by atoms with Crippen LogP contribution in [-0.2, 0) is 11.2 Å². The van der Waals surface area contributed by atoms with Gasteiger partial charge in [-0.15, -0.1) is 0 Å². The van der Waals surface area contributed by atoms with Crippen LogP contribution in [0.15, 0.2) is 30.3 Å². The van der Waals surface area contributed by atoms with Crippen LogP contribution in [0.2, 0.25) is 0 Å². The van der Waals surface area contributed by atoms with Crippen LogP contribution in [0.4, 0.5) is 0 Å². The Morgan fingerprint density at radius 1 is 0.714 bits per heavy atom. The molecule has 2 aromatic rings. The number of ether oxygens (including phenoxy) is 1. The van der Waals surface area contributed by atoms with Gasteiger partial charge >= 0.3 is 0 Å². The molecule has 0 fully saturated rings. The van der Waals surface area contributed by atoms with Gasteiger partial charge in [-0.1, -0.05) is 82.6 Å². The predicted molar refractivity (Wildman–Crippen MR) is 118 cm³/mol. The monoisotopic (exact) mass is 386 g/mol. The van der Waals surface area contributed by atoms with Gasteiger partial charge in [0.15, 0.2) is 11.5 Å². The van der Waals surface area contributed by atoms with Gasteiger partial charge in [0.2, 0.25) is 0 Å². The molecule has 28 heavy (non-hydrogen) atoms. The Morgan fingerprint density at radius 2 is 1.32 bits per heavy atom. The second-order valence-electron chi connectivity index (χ2n) is 7.85. The third kappa shape index (κ3) is 7.71. The molecule has 2 rings (SSSR count). The minimum Gasteiger partial charge on any atom is -0.504 e. The molecule has 0 radical (unpaired) electrons. The first-order valence-electron chi connectivity index (χ1n) is 11.2. The van der Waals surface area contributed by atoms with Crippen molar-refractivity contribution in [2.24, 2.45) is 0 Å². The van der Waals surface area contributed by atoms with Gasteiger partial charge in [-0.2, -0.15) is 0 Å². The summed E-state index contributed by atoms with van der Waals surface area (Å²) in [6, 6.07) is 9.67. The molecule has 0 aliphatic rings. The molecule has 0 aliphatic heterocycles. The van der Waals surface area contributed by atoms with E-state index < -0.39 is 0 Å². The molecule has 0 saturated heterocycles. The summed E-state index contributed by atoms with van der Waals surface area (Å²) in [6.45, 7) is 4.07. The summed E-state index contributed by atoms with van der Waals surface area (Å²) in [4.78, 5) is 0. The molecule has 2 aromatic carbocycles. The third-order valence-electron chi connectivity index (χ3n) is 5.45. The highest BCUT2D eigenvalue weighted by Gasteiger charge is 2.11. The fraction of sp³-hybridized carbons (Fsp3) is 0.600. The van der Waals surface area contributed by atoms with Gasteiger partial charge in [0.1, 0.15) is 0 Å². The Morgan fingerprint density at radius 3 is 2.04 bits per heavy atom. The summed E-state index contributed by atoms with van der Waals surface area (Å²) in [5.74, 6) is 0.0676. The summed E-state index contributed by atoms with van der Waals surface area (Å²) in [5, 5.41) is 22.1. The zero-order valence-corrected chi connectivity index (χ0v) is 17.6. The Hall–Kier alpha value is -1.74. The van der Waals surface area contributed by atoms with E-state index in [9.17, 15) is 10.2 Å². The van der Waals surface area contributed by atoms with Crippen molar-refractivity contribution in [1.82, 2.24) is 0 Å². The van der Waals surface area contributed by atoms with E-state index in [1.807, 2.05) is 30.3 Å². The smallest absolute Gasteiger partial charge is 0.165 e. The number of benzene rings is 2. The van der Waals surface area contributed by atoms with Crippen LogP contribution in [0.1, 0.15) is 83.1 Å². The molecule has 3 nitrogen and oxygen atoms in total.